The second-order valence-electron chi connectivity index (χ2n) is 3.30. The zero-order valence-electron chi connectivity index (χ0n) is 8.91. The van der Waals surface area contributed by atoms with E-state index in [0.717, 1.165) is 6.42 Å². The third-order valence-electron chi connectivity index (χ3n) is 2.46. The standard InChI is InChI=1S/C10H12ClN3O/c1-4-10(2,15-3)9-13-6-7(5-12)8(11)14-9/h6H,4H2,1-3H3. The molecule has 1 unspecified atom stereocenters. The normalized spacial score (nSPS) is 14.3. The van der Waals surface area contributed by atoms with Crippen LogP contribution in [0.2, 0.25) is 5.15 Å². The maximum Gasteiger partial charge on any atom is 0.161 e. The van der Waals surface area contributed by atoms with E-state index in [9.17, 15) is 0 Å². The predicted molar refractivity (Wildman–Crippen MR) is 56.4 cm³/mol. The fourth-order valence-electron chi connectivity index (χ4n) is 1.08. The summed E-state index contributed by atoms with van der Waals surface area (Å²) in [5, 5.41) is 8.85. The quantitative estimate of drug-likeness (QED) is 0.741. The molecule has 0 aromatic carbocycles. The summed E-state index contributed by atoms with van der Waals surface area (Å²) >= 11 is 5.82. The van der Waals surface area contributed by atoms with E-state index in [1.165, 1.54) is 6.20 Å². The van der Waals surface area contributed by atoms with Crippen LogP contribution < -0.4 is 0 Å². The van der Waals surface area contributed by atoms with Crippen LogP contribution >= 0.6 is 11.6 Å². The van der Waals surface area contributed by atoms with E-state index >= 15 is 0 Å². The van der Waals surface area contributed by atoms with Crippen molar-refractivity contribution in [1.29, 1.82) is 5.26 Å². The highest BCUT2D eigenvalue weighted by Crippen LogP contribution is 2.26. The number of nitrogens with zero attached hydrogens (tertiary/aromatic N) is 3. The monoisotopic (exact) mass is 225 g/mol. The number of hydrogen-bond donors (Lipinski definition) is 0. The van der Waals surface area contributed by atoms with E-state index in [2.05, 4.69) is 9.97 Å². The summed E-state index contributed by atoms with van der Waals surface area (Å²) in [6.07, 6.45) is 2.14. The first-order valence-corrected chi connectivity index (χ1v) is 4.93. The molecule has 0 saturated heterocycles. The van der Waals surface area contributed by atoms with Gasteiger partial charge in [0.1, 0.15) is 17.2 Å². The van der Waals surface area contributed by atoms with Crippen molar-refractivity contribution in [3.63, 3.8) is 0 Å². The number of ether oxygens (including phenoxy) is 1. The molecule has 1 aromatic rings. The number of halogens is 1. The molecule has 0 spiro atoms. The first-order chi connectivity index (χ1) is 7.07. The Hall–Kier alpha value is -1.18. The SMILES string of the molecule is CCC(C)(OC)c1ncc(C#N)c(Cl)n1. The number of hydrogen-bond acceptors (Lipinski definition) is 4. The fourth-order valence-corrected chi connectivity index (χ4v) is 1.26. The minimum absolute atomic E-state index is 0.166. The van der Waals surface area contributed by atoms with E-state index in [0.29, 0.717) is 5.82 Å². The minimum atomic E-state index is -0.558. The largest absolute Gasteiger partial charge is 0.371 e. The van der Waals surface area contributed by atoms with Gasteiger partial charge in [0, 0.05) is 7.11 Å². The van der Waals surface area contributed by atoms with Gasteiger partial charge in [0.2, 0.25) is 0 Å². The smallest absolute Gasteiger partial charge is 0.161 e. The Labute approximate surface area is 93.9 Å². The number of rotatable bonds is 3. The average Bonchev–Trinajstić information content (AvgIpc) is 2.28. The van der Waals surface area contributed by atoms with Crippen molar-refractivity contribution in [2.45, 2.75) is 25.9 Å². The van der Waals surface area contributed by atoms with Gasteiger partial charge in [-0.2, -0.15) is 5.26 Å². The van der Waals surface area contributed by atoms with Crippen LogP contribution in [0.4, 0.5) is 0 Å². The Morgan fingerprint density at radius 3 is 2.73 bits per heavy atom. The van der Waals surface area contributed by atoms with Crippen LogP contribution in [-0.2, 0) is 10.3 Å². The van der Waals surface area contributed by atoms with Gasteiger partial charge in [0.15, 0.2) is 11.0 Å². The molecule has 0 amide bonds. The van der Waals surface area contributed by atoms with Crippen molar-refractivity contribution in [2.75, 3.05) is 7.11 Å². The van der Waals surface area contributed by atoms with Gasteiger partial charge in [-0.25, -0.2) is 9.97 Å². The van der Waals surface area contributed by atoms with E-state index in [-0.39, 0.29) is 10.7 Å². The van der Waals surface area contributed by atoms with Gasteiger partial charge < -0.3 is 4.74 Å². The van der Waals surface area contributed by atoms with Gasteiger partial charge in [0.05, 0.1) is 6.20 Å². The third-order valence-corrected chi connectivity index (χ3v) is 2.75. The minimum Gasteiger partial charge on any atom is -0.371 e. The van der Waals surface area contributed by atoms with E-state index in [1.54, 1.807) is 7.11 Å². The molecule has 80 valence electrons. The summed E-state index contributed by atoms with van der Waals surface area (Å²) in [7, 11) is 1.60. The molecule has 15 heavy (non-hydrogen) atoms. The average molecular weight is 226 g/mol. The predicted octanol–water partition coefficient (Wildman–Crippen LogP) is 2.27. The molecule has 0 bridgehead atoms. The Morgan fingerprint density at radius 1 is 1.67 bits per heavy atom. The maximum absolute atomic E-state index is 8.68. The zero-order valence-corrected chi connectivity index (χ0v) is 9.67. The van der Waals surface area contributed by atoms with Crippen molar-refractivity contribution < 1.29 is 4.74 Å². The van der Waals surface area contributed by atoms with Crippen molar-refractivity contribution in [3.8, 4) is 6.07 Å². The molecule has 1 atom stereocenters. The Morgan fingerprint density at radius 2 is 2.33 bits per heavy atom. The van der Waals surface area contributed by atoms with Crippen molar-refractivity contribution in [1.82, 2.24) is 9.97 Å². The number of aromatic nitrogens is 2. The topological polar surface area (TPSA) is 58.8 Å². The van der Waals surface area contributed by atoms with Crippen LogP contribution in [-0.4, -0.2) is 17.1 Å². The second-order valence-corrected chi connectivity index (χ2v) is 3.66. The molecule has 0 aliphatic carbocycles. The number of nitriles is 1. The second kappa shape index (κ2) is 4.56. The van der Waals surface area contributed by atoms with Crippen LogP contribution in [0, 0.1) is 11.3 Å². The van der Waals surface area contributed by atoms with Crippen molar-refractivity contribution in [2.24, 2.45) is 0 Å². The fraction of sp³-hybridized carbons (Fsp3) is 0.500. The molecule has 1 aromatic heterocycles. The van der Waals surface area contributed by atoms with Crippen LogP contribution in [0.5, 0.6) is 0 Å². The summed E-state index contributed by atoms with van der Waals surface area (Å²) in [6.45, 7) is 3.85. The molecule has 5 heteroatoms. The lowest BCUT2D eigenvalue weighted by atomic mass is 10.0. The highest BCUT2D eigenvalue weighted by molar-refractivity contribution is 6.30. The summed E-state index contributed by atoms with van der Waals surface area (Å²) in [6, 6.07) is 1.91. The van der Waals surface area contributed by atoms with Crippen LogP contribution in [0.3, 0.4) is 0 Å². The Balaban J connectivity index is 3.18. The lowest BCUT2D eigenvalue weighted by Crippen LogP contribution is -2.26. The van der Waals surface area contributed by atoms with Crippen LogP contribution in [0.15, 0.2) is 6.20 Å². The van der Waals surface area contributed by atoms with Crippen molar-refractivity contribution >= 4 is 11.6 Å². The zero-order chi connectivity index (χ0) is 11.5. The molecule has 1 rings (SSSR count). The molecule has 0 fully saturated rings. The van der Waals surface area contributed by atoms with Crippen LogP contribution in [0.25, 0.3) is 0 Å². The summed E-state index contributed by atoms with van der Waals surface area (Å²) in [5.74, 6) is 0.497. The lowest BCUT2D eigenvalue weighted by molar-refractivity contribution is -0.00899. The Bertz CT molecular complexity index is 396. The molecule has 0 aliphatic heterocycles. The molecule has 4 nitrogen and oxygen atoms in total. The Kier molecular flexibility index (Phi) is 3.61. The molecular weight excluding hydrogens is 214 g/mol. The molecule has 0 saturated carbocycles. The highest BCUT2D eigenvalue weighted by atomic mass is 35.5. The molecular formula is C10H12ClN3O. The van der Waals surface area contributed by atoms with E-state index < -0.39 is 5.60 Å². The van der Waals surface area contributed by atoms with Gasteiger partial charge in [-0.1, -0.05) is 18.5 Å². The highest BCUT2D eigenvalue weighted by Gasteiger charge is 2.27. The summed E-state index contributed by atoms with van der Waals surface area (Å²) in [5.41, 5.74) is -0.285. The molecule has 0 aliphatic rings. The lowest BCUT2D eigenvalue weighted by Gasteiger charge is -2.24. The third kappa shape index (κ3) is 2.25. The summed E-state index contributed by atoms with van der Waals surface area (Å²) < 4.78 is 5.33. The first-order valence-electron chi connectivity index (χ1n) is 4.55. The molecule has 0 N–H and O–H groups in total. The first kappa shape index (κ1) is 11.9. The van der Waals surface area contributed by atoms with Gasteiger partial charge in [-0.3, -0.25) is 0 Å². The van der Waals surface area contributed by atoms with Gasteiger partial charge in [-0.15, -0.1) is 0 Å². The van der Waals surface area contributed by atoms with Gasteiger partial charge in [0.25, 0.3) is 0 Å². The van der Waals surface area contributed by atoms with E-state index in [1.807, 2.05) is 19.9 Å². The van der Waals surface area contributed by atoms with Gasteiger partial charge in [-0.05, 0) is 13.3 Å². The summed E-state index contributed by atoms with van der Waals surface area (Å²) in [4.78, 5) is 8.15. The molecule has 1 heterocycles. The van der Waals surface area contributed by atoms with Gasteiger partial charge >= 0.3 is 0 Å². The van der Waals surface area contributed by atoms with Crippen LogP contribution in [0.1, 0.15) is 31.7 Å². The van der Waals surface area contributed by atoms with E-state index in [4.69, 9.17) is 21.6 Å². The number of methoxy groups -OCH3 is 1. The van der Waals surface area contributed by atoms with Crippen molar-refractivity contribution in [3.05, 3.63) is 22.7 Å². The maximum atomic E-state index is 8.68. The molecule has 0 radical (unpaired) electrons.